The topological polar surface area (TPSA) is 8.17 Å². The van der Waals surface area contributed by atoms with Crippen molar-refractivity contribution in [1.29, 1.82) is 0 Å². The van der Waals surface area contributed by atoms with E-state index in [0.717, 1.165) is 6.54 Å². The third-order valence-corrected chi connectivity index (χ3v) is 1.44. The third kappa shape index (κ3) is 1.25. The van der Waals surface area contributed by atoms with Gasteiger partial charge in [0.2, 0.25) is 0 Å². The van der Waals surface area contributed by atoms with E-state index in [0.29, 0.717) is 0 Å². The minimum Gasteiger partial charge on any atom is -0.317 e. The Labute approximate surface area is 55.7 Å². The second kappa shape index (κ2) is 2.58. The highest BCUT2D eigenvalue weighted by molar-refractivity contribution is 4.94. The fourth-order valence-corrected chi connectivity index (χ4v) is 0.716. The van der Waals surface area contributed by atoms with Crippen molar-refractivity contribution < 1.29 is 0 Å². The van der Waals surface area contributed by atoms with E-state index >= 15 is 0 Å². The Hall–Kier alpha value is -0.920. The average molecular weight is 124 g/mol. The van der Waals surface area contributed by atoms with Gasteiger partial charge in [-0.2, -0.15) is 0 Å². The lowest BCUT2D eigenvalue weighted by molar-refractivity contribution is 0.676. The van der Waals surface area contributed by atoms with Crippen LogP contribution in [0.5, 0.6) is 0 Å². The van der Waals surface area contributed by atoms with E-state index in [1.54, 1.807) is 0 Å². The molecule has 0 spiro atoms. The van der Waals surface area contributed by atoms with Gasteiger partial charge < -0.3 is 5.01 Å². The molecule has 0 aliphatic heterocycles. The van der Waals surface area contributed by atoms with Gasteiger partial charge in [-0.05, 0) is 19.1 Å². The summed E-state index contributed by atoms with van der Waals surface area (Å²) in [6, 6.07) is 4.04. The van der Waals surface area contributed by atoms with E-state index in [4.69, 9.17) is 0 Å². The Balaban J connectivity index is 2.65. The minimum atomic E-state index is 1.04. The van der Waals surface area contributed by atoms with Gasteiger partial charge in [-0.25, -0.2) is 0 Å². The predicted molar refractivity (Wildman–Crippen MR) is 39.1 cm³/mol. The van der Waals surface area contributed by atoms with E-state index < -0.39 is 0 Å². The van der Waals surface area contributed by atoms with E-state index in [1.807, 2.05) is 24.5 Å². The number of nitrogens with zero attached hydrogens (tertiary/aromatic N) is 2. The summed E-state index contributed by atoms with van der Waals surface area (Å²) in [5.41, 5.74) is 0. The molecule has 0 saturated heterocycles. The molecule has 0 amide bonds. The molecule has 0 atom stereocenters. The summed E-state index contributed by atoms with van der Waals surface area (Å²) in [6.07, 6.45) is 4.06. The molecule has 0 saturated carbocycles. The van der Waals surface area contributed by atoms with Crippen molar-refractivity contribution in [1.82, 2.24) is 4.68 Å². The van der Waals surface area contributed by atoms with Crippen LogP contribution in [0.25, 0.3) is 0 Å². The van der Waals surface area contributed by atoms with Crippen LogP contribution >= 0.6 is 0 Å². The van der Waals surface area contributed by atoms with Crippen LogP contribution in [0, 0.1) is 0 Å². The van der Waals surface area contributed by atoms with E-state index in [1.165, 1.54) is 0 Å². The molecule has 0 aliphatic rings. The zero-order valence-corrected chi connectivity index (χ0v) is 5.91. The van der Waals surface area contributed by atoms with Crippen molar-refractivity contribution in [3.8, 4) is 0 Å². The van der Waals surface area contributed by atoms with Crippen molar-refractivity contribution in [2.24, 2.45) is 0 Å². The monoisotopic (exact) mass is 124 g/mol. The molecule has 1 rings (SSSR count). The average Bonchev–Trinajstić information content (AvgIpc) is 2.37. The summed E-state index contributed by atoms with van der Waals surface area (Å²) in [5, 5.41) is 2.12. The van der Waals surface area contributed by atoms with E-state index in [2.05, 4.69) is 23.7 Å². The van der Waals surface area contributed by atoms with Crippen LogP contribution in [0.2, 0.25) is 0 Å². The van der Waals surface area contributed by atoms with Gasteiger partial charge in [0.25, 0.3) is 0 Å². The largest absolute Gasteiger partial charge is 0.317 e. The van der Waals surface area contributed by atoms with Crippen LogP contribution in [-0.4, -0.2) is 18.3 Å². The first kappa shape index (κ1) is 6.20. The van der Waals surface area contributed by atoms with Crippen LogP contribution in [0.4, 0.5) is 0 Å². The molecule has 2 nitrogen and oxygen atoms in total. The maximum atomic E-state index is 2.12. The Morgan fingerprint density at radius 2 is 1.89 bits per heavy atom. The Morgan fingerprint density at radius 3 is 2.33 bits per heavy atom. The van der Waals surface area contributed by atoms with Crippen LogP contribution in [0.1, 0.15) is 6.92 Å². The smallest absolute Gasteiger partial charge is 0.0312 e. The molecule has 9 heavy (non-hydrogen) atoms. The zero-order valence-electron chi connectivity index (χ0n) is 5.91. The molecule has 0 bridgehead atoms. The molecular weight excluding hydrogens is 112 g/mol. The van der Waals surface area contributed by atoms with Gasteiger partial charge in [-0.1, -0.05) is 0 Å². The fraction of sp³-hybridized carbons (Fsp3) is 0.429. The summed E-state index contributed by atoms with van der Waals surface area (Å²) in [5.74, 6) is 0. The van der Waals surface area contributed by atoms with Gasteiger partial charge in [0.1, 0.15) is 0 Å². The first-order valence-corrected chi connectivity index (χ1v) is 3.19. The lowest BCUT2D eigenvalue weighted by atomic mass is 10.7. The van der Waals surface area contributed by atoms with Crippen molar-refractivity contribution in [2.75, 3.05) is 18.6 Å². The summed E-state index contributed by atoms with van der Waals surface area (Å²) in [6.45, 7) is 3.16. The van der Waals surface area contributed by atoms with E-state index in [9.17, 15) is 0 Å². The molecule has 0 N–H and O–H groups in total. The molecule has 0 radical (unpaired) electrons. The van der Waals surface area contributed by atoms with Crippen molar-refractivity contribution in [2.45, 2.75) is 6.92 Å². The highest BCUT2D eigenvalue weighted by Crippen LogP contribution is 1.88. The number of aromatic nitrogens is 1. The summed E-state index contributed by atoms with van der Waals surface area (Å²) in [7, 11) is 2.06. The summed E-state index contributed by atoms with van der Waals surface area (Å²) >= 11 is 0. The van der Waals surface area contributed by atoms with Gasteiger partial charge in [0.15, 0.2) is 0 Å². The quantitative estimate of drug-likeness (QED) is 0.572. The van der Waals surface area contributed by atoms with Crippen molar-refractivity contribution in [3.05, 3.63) is 24.5 Å². The minimum absolute atomic E-state index is 1.04. The van der Waals surface area contributed by atoms with Gasteiger partial charge >= 0.3 is 0 Å². The second-order valence-corrected chi connectivity index (χ2v) is 2.04. The van der Waals surface area contributed by atoms with Crippen LogP contribution in [0.15, 0.2) is 24.5 Å². The molecule has 1 heterocycles. The lowest BCUT2D eigenvalue weighted by Crippen LogP contribution is -2.27. The summed E-state index contributed by atoms with van der Waals surface area (Å²) < 4.78 is 2.06. The molecule has 0 aromatic carbocycles. The second-order valence-electron chi connectivity index (χ2n) is 2.04. The van der Waals surface area contributed by atoms with Crippen LogP contribution in [0.3, 0.4) is 0 Å². The predicted octanol–water partition coefficient (Wildman–Crippen LogP) is 1.08. The van der Waals surface area contributed by atoms with Crippen molar-refractivity contribution in [3.63, 3.8) is 0 Å². The molecule has 0 fully saturated rings. The first-order chi connectivity index (χ1) is 4.34. The number of hydrogen-bond acceptors (Lipinski definition) is 1. The standard InChI is InChI=1S/C7H12N2/c1-3-8(2)9-6-4-5-7-9/h4-7H,3H2,1-2H3. The SMILES string of the molecule is CCN(C)n1cccc1. The maximum Gasteiger partial charge on any atom is 0.0312 e. The Morgan fingerprint density at radius 1 is 1.33 bits per heavy atom. The molecule has 1 aromatic rings. The summed E-state index contributed by atoms with van der Waals surface area (Å²) in [4.78, 5) is 0. The van der Waals surface area contributed by atoms with Gasteiger partial charge in [0, 0.05) is 26.0 Å². The molecule has 2 heteroatoms. The Kier molecular flexibility index (Phi) is 1.78. The van der Waals surface area contributed by atoms with Gasteiger partial charge in [0.05, 0.1) is 0 Å². The fourth-order valence-electron chi connectivity index (χ4n) is 0.716. The molecular formula is C7H12N2. The lowest BCUT2D eigenvalue weighted by Gasteiger charge is -2.17. The molecule has 50 valence electrons. The van der Waals surface area contributed by atoms with Crippen LogP contribution in [-0.2, 0) is 0 Å². The highest BCUT2D eigenvalue weighted by atomic mass is 15.5. The normalized spacial score (nSPS) is 9.56. The van der Waals surface area contributed by atoms with Gasteiger partial charge in [-0.15, -0.1) is 0 Å². The highest BCUT2D eigenvalue weighted by Gasteiger charge is 1.89. The third-order valence-electron chi connectivity index (χ3n) is 1.44. The Bertz CT molecular complexity index is 155. The zero-order chi connectivity index (χ0) is 6.69. The molecule has 0 unspecified atom stereocenters. The number of rotatable bonds is 2. The molecule has 0 aliphatic carbocycles. The van der Waals surface area contributed by atoms with Gasteiger partial charge in [-0.3, -0.25) is 4.68 Å². The van der Waals surface area contributed by atoms with Crippen LogP contribution < -0.4 is 5.01 Å². The number of hydrogen-bond donors (Lipinski definition) is 0. The maximum absolute atomic E-state index is 2.12. The van der Waals surface area contributed by atoms with Crippen molar-refractivity contribution >= 4 is 0 Å². The van der Waals surface area contributed by atoms with E-state index in [-0.39, 0.29) is 0 Å². The molecule has 1 aromatic heterocycles. The first-order valence-electron chi connectivity index (χ1n) is 3.19.